The molecule has 0 heterocycles. The molecule has 0 bridgehead atoms. The number of esters is 1. The van der Waals surface area contributed by atoms with Crippen LogP contribution in [0.4, 0.5) is 22.7 Å². The van der Waals surface area contributed by atoms with Gasteiger partial charge in [-0.2, -0.15) is 0 Å². The Labute approximate surface area is 151 Å². The van der Waals surface area contributed by atoms with E-state index in [0.717, 1.165) is 5.69 Å². The number of anilines is 1. The number of nitrogens with zero attached hydrogens (tertiary/aromatic N) is 4. The second-order valence-corrected chi connectivity index (χ2v) is 5.35. The molecule has 0 saturated carbocycles. The van der Waals surface area contributed by atoms with Gasteiger partial charge in [0.15, 0.2) is 5.69 Å². The number of ether oxygens (including phenoxy) is 1. The van der Waals surface area contributed by atoms with Gasteiger partial charge in [0.25, 0.3) is 5.69 Å². The highest BCUT2D eigenvalue weighted by molar-refractivity contribution is 5.68. The molecule has 0 aliphatic carbocycles. The summed E-state index contributed by atoms with van der Waals surface area (Å²) in [5.74, 6) is -0.328. The van der Waals surface area contributed by atoms with Crippen molar-refractivity contribution in [2.45, 2.75) is 13.8 Å². The molecule has 0 radical (unpaired) electrons. The van der Waals surface area contributed by atoms with Gasteiger partial charge in [-0.15, -0.1) is 10.2 Å². The lowest BCUT2D eigenvalue weighted by molar-refractivity contribution is -0.384. The summed E-state index contributed by atoms with van der Waals surface area (Å²) in [4.78, 5) is 23.5. The Morgan fingerprint density at radius 2 is 1.73 bits per heavy atom. The van der Waals surface area contributed by atoms with Crippen LogP contribution in [0.25, 0.3) is 0 Å². The topological polar surface area (TPSA) is 97.4 Å². The van der Waals surface area contributed by atoms with E-state index >= 15 is 0 Å². The third kappa shape index (κ3) is 5.10. The first-order valence-electron chi connectivity index (χ1n) is 8.15. The van der Waals surface area contributed by atoms with Gasteiger partial charge in [-0.05, 0) is 25.1 Å². The summed E-state index contributed by atoms with van der Waals surface area (Å²) in [7, 11) is 0. The quantitative estimate of drug-likeness (QED) is 0.302. The van der Waals surface area contributed by atoms with Crippen LogP contribution in [0, 0.1) is 10.1 Å². The van der Waals surface area contributed by atoms with Gasteiger partial charge in [-0.25, -0.2) is 0 Å². The summed E-state index contributed by atoms with van der Waals surface area (Å²) < 4.78 is 5.00. The molecule has 0 atom stereocenters. The molecule has 8 nitrogen and oxygen atoms in total. The third-order valence-electron chi connectivity index (χ3n) is 3.61. The molecule has 0 amide bonds. The van der Waals surface area contributed by atoms with E-state index in [-0.39, 0.29) is 24.0 Å². The number of carbonyl (C=O) groups excluding carboxylic acids is 1. The first-order valence-corrected chi connectivity index (χ1v) is 8.15. The molecule has 136 valence electrons. The van der Waals surface area contributed by atoms with Crippen LogP contribution in [0.15, 0.2) is 58.8 Å². The van der Waals surface area contributed by atoms with Crippen molar-refractivity contribution in [2.24, 2.45) is 10.2 Å². The maximum absolute atomic E-state index is 11.1. The average Bonchev–Trinajstić information content (AvgIpc) is 2.64. The maximum atomic E-state index is 11.1. The lowest BCUT2D eigenvalue weighted by Gasteiger charge is -2.23. The number of carbonyl (C=O) groups is 1. The van der Waals surface area contributed by atoms with E-state index in [1.165, 1.54) is 13.0 Å². The van der Waals surface area contributed by atoms with Crippen molar-refractivity contribution in [1.29, 1.82) is 0 Å². The number of para-hydroxylation sites is 2. The van der Waals surface area contributed by atoms with Gasteiger partial charge in [0.1, 0.15) is 12.3 Å². The molecule has 0 spiro atoms. The van der Waals surface area contributed by atoms with Gasteiger partial charge in [-0.1, -0.05) is 24.3 Å². The number of hydrogen-bond acceptors (Lipinski definition) is 7. The van der Waals surface area contributed by atoms with Crippen LogP contribution >= 0.6 is 0 Å². The van der Waals surface area contributed by atoms with E-state index in [2.05, 4.69) is 10.2 Å². The van der Waals surface area contributed by atoms with E-state index in [1.807, 2.05) is 30.0 Å². The van der Waals surface area contributed by atoms with Gasteiger partial charge < -0.3 is 9.64 Å². The molecule has 0 saturated heterocycles. The fourth-order valence-corrected chi connectivity index (χ4v) is 2.38. The number of nitro benzene ring substituents is 1. The fraction of sp³-hybridized carbons (Fsp3) is 0.278. The van der Waals surface area contributed by atoms with E-state index in [0.29, 0.717) is 18.8 Å². The summed E-state index contributed by atoms with van der Waals surface area (Å²) in [6.45, 7) is 4.79. The van der Waals surface area contributed by atoms with Crippen molar-refractivity contribution in [3.8, 4) is 0 Å². The Kier molecular flexibility index (Phi) is 6.78. The standard InChI is InChI=1S/C18H20N4O4/c1-3-21(12-13-26-14(2)23)17-10-6-4-8-15(17)19-20-16-9-5-7-11-18(16)22(24)25/h4-11H,3,12-13H2,1-2H3. The molecular formula is C18H20N4O4. The highest BCUT2D eigenvalue weighted by Crippen LogP contribution is 2.32. The Morgan fingerprint density at radius 3 is 2.38 bits per heavy atom. The second kappa shape index (κ2) is 9.26. The number of rotatable bonds is 8. The number of hydrogen-bond donors (Lipinski definition) is 0. The zero-order chi connectivity index (χ0) is 18.9. The maximum Gasteiger partial charge on any atom is 0.302 e. The molecule has 0 N–H and O–H groups in total. The summed E-state index contributed by atoms with van der Waals surface area (Å²) >= 11 is 0. The van der Waals surface area contributed by atoms with Gasteiger partial charge in [0.2, 0.25) is 0 Å². The van der Waals surface area contributed by atoms with Crippen molar-refractivity contribution >= 4 is 28.7 Å². The van der Waals surface area contributed by atoms with Gasteiger partial charge in [-0.3, -0.25) is 14.9 Å². The minimum atomic E-state index is -0.488. The minimum Gasteiger partial charge on any atom is -0.464 e. The van der Waals surface area contributed by atoms with Crippen LogP contribution in [0.3, 0.4) is 0 Å². The van der Waals surface area contributed by atoms with E-state index < -0.39 is 4.92 Å². The normalized spacial score (nSPS) is 10.7. The fourth-order valence-electron chi connectivity index (χ4n) is 2.38. The van der Waals surface area contributed by atoms with E-state index in [1.54, 1.807) is 24.3 Å². The smallest absolute Gasteiger partial charge is 0.302 e. The summed E-state index contributed by atoms with van der Waals surface area (Å²) in [5.41, 5.74) is 1.48. The summed E-state index contributed by atoms with van der Waals surface area (Å²) in [5, 5.41) is 19.3. The van der Waals surface area contributed by atoms with Crippen molar-refractivity contribution in [2.75, 3.05) is 24.6 Å². The molecule has 2 aromatic rings. The van der Waals surface area contributed by atoms with Crippen molar-refractivity contribution < 1.29 is 14.5 Å². The molecule has 0 aromatic heterocycles. The SMILES string of the molecule is CCN(CCOC(C)=O)c1ccccc1N=Nc1ccccc1[N+](=O)[O-]. The third-order valence-corrected chi connectivity index (χ3v) is 3.61. The molecule has 2 rings (SSSR count). The minimum absolute atomic E-state index is 0.101. The molecule has 0 aliphatic heterocycles. The molecule has 0 unspecified atom stereocenters. The van der Waals surface area contributed by atoms with E-state index in [9.17, 15) is 14.9 Å². The van der Waals surface area contributed by atoms with Crippen molar-refractivity contribution in [3.05, 3.63) is 58.6 Å². The highest BCUT2D eigenvalue weighted by Gasteiger charge is 2.13. The van der Waals surface area contributed by atoms with Crippen molar-refractivity contribution in [3.63, 3.8) is 0 Å². The van der Waals surface area contributed by atoms with Crippen LogP contribution in [0.2, 0.25) is 0 Å². The molecule has 2 aromatic carbocycles. The Hall–Kier alpha value is -3.29. The first-order chi connectivity index (χ1) is 12.5. The highest BCUT2D eigenvalue weighted by atomic mass is 16.6. The van der Waals surface area contributed by atoms with Gasteiger partial charge in [0, 0.05) is 19.5 Å². The Balaban J connectivity index is 2.25. The number of nitro groups is 1. The molecule has 8 heteroatoms. The van der Waals surface area contributed by atoms with Crippen LogP contribution in [-0.4, -0.2) is 30.6 Å². The zero-order valence-electron chi connectivity index (χ0n) is 14.7. The molecule has 26 heavy (non-hydrogen) atoms. The number of azo groups is 1. The summed E-state index contributed by atoms with van der Waals surface area (Å²) in [6.07, 6.45) is 0. The summed E-state index contributed by atoms with van der Waals surface area (Å²) in [6, 6.07) is 13.5. The predicted octanol–water partition coefficient (Wildman–Crippen LogP) is 4.40. The molecule has 0 fully saturated rings. The van der Waals surface area contributed by atoms with Crippen LogP contribution in [-0.2, 0) is 9.53 Å². The molecule has 0 aliphatic rings. The lowest BCUT2D eigenvalue weighted by atomic mass is 10.2. The molecular weight excluding hydrogens is 336 g/mol. The van der Waals surface area contributed by atoms with Crippen LogP contribution in [0.5, 0.6) is 0 Å². The van der Waals surface area contributed by atoms with Gasteiger partial charge >= 0.3 is 5.97 Å². The first kappa shape index (κ1) is 19.0. The average molecular weight is 356 g/mol. The van der Waals surface area contributed by atoms with Crippen LogP contribution < -0.4 is 4.90 Å². The number of likely N-dealkylation sites (N-methyl/N-ethyl adjacent to an activating group) is 1. The lowest BCUT2D eigenvalue weighted by Crippen LogP contribution is -2.27. The van der Waals surface area contributed by atoms with Crippen molar-refractivity contribution in [1.82, 2.24) is 0 Å². The Morgan fingerprint density at radius 1 is 1.12 bits per heavy atom. The second-order valence-electron chi connectivity index (χ2n) is 5.35. The predicted molar refractivity (Wildman–Crippen MR) is 98.2 cm³/mol. The monoisotopic (exact) mass is 356 g/mol. The largest absolute Gasteiger partial charge is 0.464 e. The Bertz CT molecular complexity index is 807. The number of benzene rings is 2. The van der Waals surface area contributed by atoms with Crippen LogP contribution in [0.1, 0.15) is 13.8 Å². The van der Waals surface area contributed by atoms with Gasteiger partial charge in [0.05, 0.1) is 17.2 Å². The zero-order valence-corrected chi connectivity index (χ0v) is 14.7. The van der Waals surface area contributed by atoms with E-state index in [4.69, 9.17) is 4.74 Å².